The van der Waals surface area contributed by atoms with Crippen molar-refractivity contribution in [1.82, 2.24) is 9.55 Å². The number of rotatable bonds is 4. The van der Waals surface area contributed by atoms with E-state index in [0.717, 1.165) is 0 Å². The largest absolute Gasteiger partial charge is 0.325 e. The van der Waals surface area contributed by atoms with Crippen molar-refractivity contribution in [3.63, 3.8) is 0 Å². The minimum Gasteiger partial charge on any atom is -0.325 e. The van der Waals surface area contributed by atoms with Crippen LogP contribution in [0.15, 0.2) is 53.6 Å². The molecule has 1 amide bonds. The third kappa shape index (κ3) is 3.74. The Morgan fingerprint density at radius 2 is 1.92 bits per heavy atom. The highest BCUT2D eigenvalue weighted by Gasteiger charge is 2.09. The molecule has 0 saturated carbocycles. The molecular weight excluding hydrogens is 321 g/mol. The van der Waals surface area contributed by atoms with Crippen LogP contribution in [0.2, 0.25) is 0 Å². The predicted octanol–water partition coefficient (Wildman–Crippen LogP) is 3.30. The van der Waals surface area contributed by atoms with Gasteiger partial charge in [-0.05, 0) is 35.7 Å². The summed E-state index contributed by atoms with van der Waals surface area (Å²) in [5, 5.41) is 3.03. The van der Waals surface area contributed by atoms with Gasteiger partial charge in [-0.3, -0.25) is 14.2 Å². The molecule has 0 aliphatic rings. The van der Waals surface area contributed by atoms with E-state index in [0.29, 0.717) is 11.6 Å². The van der Waals surface area contributed by atoms with Crippen molar-refractivity contribution in [3.05, 3.63) is 70.5 Å². The second-order valence-electron chi connectivity index (χ2n) is 6.16. The number of anilines is 1. The van der Waals surface area contributed by atoms with E-state index in [1.165, 1.54) is 34.7 Å². The summed E-state index contributed by atoms with van der Waals surface area (Å²) in [5.41, 5.74) is 1.74. The molecule has 1 heterocycles. The number of carbonyl (C=O) groups excluding carboxylic acids is 1. The Kier molecular flexibility index (Phi) is 4.61. The molecular formula is C19H18FN3O2. The molecule has 0 radical (unpaired) electrons. The van der Waals surface area contributed by atoms with Gasteiger partial charge in [0.05, 0.1) is 17.2 Å². The zero-order chi connectivity index (χ0) is 18.0. The molecule has 5 nitrogen and oxygen atoms in total. The number of benzene rings is 2. The third-order valence-corrected chi connectivity index (χ3v) is 3.96. The van der Waals surface area contributed by atoms with Crippen LogP contribution in [0.4, 0.5) is 10.1 Å². The summed E-state index contributed by atoms with van der Waals surface area (Å²) in [6.45, 7) is 4.03. The van der Waals surface area contributed by atoms with Gasteiger partial charge >= 0.3 is 0 Å². The Hall–Kier alpha value is -3.02. The van der Waals surface area contributed by atoms with Gasteiger partial charge in [-0.15, -0.1) is 0 Å². The molecule has 2 aromatic carbocycles. The molecule has 25 heavy (non-hydrogen) atoms. The van der Waals surface area contributed by atoms with Crippen LogP contribution in [0.5, 0.6) is 0 Å². The van der Waals surface area contributed by atoms with Crippen LogP contribution in [0.25, 0.3) is 10.9 Å². The van der Waals surface area contributed by atoms with Crippen molar-refractivity contribution in [2.75, 3.05) is 5.32 Å². The van der Waals surface area contributed by atoms with E-state index in [1.54, 1.807) is 0 Å². The molecule has 0 fully saturated rings. The molecule has 1 aromatic heterocycles. The zero-order valence-electron chi connectivity index (χ0n) is 14.0. The summed E-state index contributed by atoms with van der Waals surface area (Å²) >= 11 is 0. The number of carbonyl (C=O) groups is 1. The molecule has 3 rings (SSSR count). The molecule has 0 spiro atoms. The number of aromatic nitrogens is 2. The van der Waals surface area contributed by atoms with Crippen LogP contribution in [-0.2, 0) is 11.3 Å². The van der Waals surface area contributed by atoms with Crippen molar-refractivity contribution < 1.29 is 9.18 Å². The quantitative estimate of drug-likeness (QED) is 0.793. The van der Waals surface area contributed by atoms with Gasteiger partial charge < -0.3 is 5.32 Å². The molecule has 6 heteroatoms. The average Bonchev–Trinajstić information content (AvgIpc) is 2.58. The topological polar surface area (TPSA) is 64.0 Å². The Balaban J connectivity index is 1.76. The summed E-state index contributed by atoms with van der Waals surface area (Å²) in [6.07, 6.45) is 1.26. The molecule has 1 N–H and O–H groups in total. The van der Waals surface area contributed by atoms with E-state index in [4.69, 9.17) is 0 Å². The molecule has 0 bridgehead atoms. The van der Waals surface area contributed by atoms with Crippen molar-refractivity contribution in [2.24, 2.45) is 0 Å². The number of hydrogen-bond acceptors (Lipinski definition) is 3. The maximum Gasteiger partial charge on any atom is 0.261 e. The minimum absolute atomic E-state index is 0.162. The fourth-order valence-electron chi connectivity index (χ4n) is 2.55. The van der Waals surface area contributed by atoms with Crippen LogP contribution < -0.4 is 10.9 Å². The van der Waals surface area contributed by atoms with Crippen LogP contribution in [0.1, 0.15) is 25.3 Å². The van der Waals surface area contributed by atoms with Gasteiger partial charge in [0.2, 0.25) is 5.91 Å². The van der Waals surface area contributed by atoms with Gasteiger partial charge in [-0.1, -0.05) is 26.0 Å². The Labute approximate surface area is 144 Å². The molecule has 0 aliphatic heterocycles. The fourth-order valence-corrected chi connectivity index (χ4v) is 2.55. The Bertz CT molecular complexity index is 978. The van der Waals surface area contributed by atoms with Crippen molar-refractivity contribution >= 4 is 22.5 Å². The van der Waals surface area contributed by atoms with Gasteiger partial charge in [0.25, 0.3) is 5.56 Å². The lowest BCUT2D eigenvalue weighted by Gasteiger charge is -2.10. The summed E-state index contributed by atoms with van der Waals surface area (Å²) in [6, 6.07) is 11.3. The molecule has 0 unspecified atom stereocenters. The zero-order valence-corrected chi connectivity index (χ0v) is 14.0. The van der Waals surface area contributed by atoms with Crippen molar-refractivity contribution in [2.45, 2.75) is 26.3 Å². The summed E-state index contributed by atoms with van der Waals surface area (Å²) in [5.74, 6) is -0.376. The molecule has 0 aliphatic carbocycles. The third-order valence-electron chi connectivity index (χ3n) is 3.96. The van der Waals surface area contributed by atoms with Crippen LogP contribution in [0.3, 0.4) is 0 Å². The first-order chi connectivity index (χ1) is 11.9. The van der Waals surface area contributed by atoms with Gasteiger partial charge in [0.15, 0.2) is 0 Å². The van der Waals surface area contributed by atoms with Crippen LogP contribution >= 0.6 is 0 Å². The minimum atomic E-state index is -0.459. The SMILES string of the molecule is CC(C)c1ccc(NC(=O)Cn2cnc3cc(F)ccc3c2=O)cc1. The van der Waals surface area contributed by atoms with Crippen LogP contribution in [0, 0.1) is 5.82 Å². The van der Waals surface area contributed by atoms with Gasteiger partial charge in [0, 0.05) is 11.8 Å². The van der Waals surface area contributed by atoms with Crippen molar-refractivity contribution in [3.8, 4) is 0 Å². The summed E-state index contributed by atoms with van der Waals surface area (Å²) < 4.78 is 14.4. The highest BCUT2D eigenvalue weighted by molar-refractivity contribution is 5.90. The van der Waals surface area contributed by atoms with E-state index < -0.39 is 5.82 Å². The second-order valence-corrected chi connectivity index (χ2v) is 6.16. The highest BCUT2D eigenvalue weighted by atomic mass is 19.1. The maximum absolute atomic E-state index is 13.2. The number of nitrogens with one attached hydrogen (secondary N) is 1. The van der Waals surface area contributed by atoms with E-state index in [2.05, 4.69) is 24.1 Å². The van der Waals surface area contributed by atoms with Gasteiger partial charge in [0.1, 0.15) is 12.4 Å². The lowest BCUT2D eigenvalue weighted by molar-refractivity contribution is -0.116. The normalized spacial score (nSPS) is 11.0. The van der Waals surface area contributed by atoms with E-state index in [1.807, 2.05) is 24.3 Å². The first kappa shape index (κ1) is 16.8. The number of hydrogen-bond donors (Lipinski definition) is 1. The van der Waals surface area contributed by atoms with Crippen LogP contribution in [-0.4, -0.2) is 15.5 Å². The van der Waals surface area contributed by atoms with E-state index >= 15 is 0 Å². The van der Waals surface area contributed by atoms with Gasteiger partial charge in [-0.25, -0.2) is 9.37 Å². The second kappa shape index (κ2) is 6.84. The molecule has 0 saturated heterocycles. The molecule has 128 valence electrons. The van der Waals surface area contributed by atoms with E-state index in [9.17, 15) is 14.0 Å². The number of nitrogens with zero attached hydrogens (tertiary/aromatic N) is 2. The molecule has 0 atom stereocenters. The smallest absolute Gasteiger partial charge is 0.261 e. The van der Waals surface area contributed by atoms with E-state index in [-0.39, 0.29) is 28.9 Å². The predicted molar refractivity (Wildman–Crippen MR) is 95.1 cm³/mol. The lowest BCUT2D eigenvalue weighted by atomic mass is 10.0. The lowest BCUT2D eigenvalue weighted by Crippen LogP contribution is -2.27. The number of fused-ring (bicyclic) bond motifs is 1. The number of halogens is 1. The monoisotopic (exact) mass is 339 g/mol. The Morgan fingerprint density at radius 1 is 1.20 bits per heavy atom. The first-order valence-electron chi connectivity index (χ1n) is 7.98. The Morgan fingerprint density at radius 3 is 2.60 bits per heavy atom. The number of amides is 1. The fraction of sp³-hybridized carbons (Fsp3) is 0.211. The van der Waals surface area contributed by atoms with Crippen molar-refractivity contribution in [1.29, 1.82) is 0 Å². The summed E-state index contributed by atoms with van der Waals surface area (Å²) in [7, 11) is 0. The summed E-state index contributed by atoms with van der Waals surface area (Å²) in [4.78, 5) is 28.6. The molecule has 3 aromatic rings. The first-order valence-corrected chi connectivity index (χ1v) is 7.98. The average molecular weight is 339 g/mol. The maximum atomic E-state index is 13.2. The standard InChI is InChI=1S/C19H18FN3O2/c1-12(2)13-3-6-15(7-4-13)22-18(24)10-23-11-21-17-9-14(20)5-8-16(17)19(23)25/h3-9,11-12H,10H2,1-2H3,(H,22,24). The highest BCUT2D eigenvalue weighted by Crippen LogP contribution is 2.17. The van der Waals surface area contributed by atoms with Gasteiger partial charge in [-0.2, -0.15) is 0 Å².